The Morgan fingerprint density at radius 3 is 1.93 bits per heavy atom. The number of hydrogen-bond donors (Lipinski definition) is 2. The van der Waals surface area contributed by atoms with Crippen molar-refractivity contribution < 1.29 is 15.0 Å². The molecule has 2 atom stereocenters. The van der Waals surface area contributed by atoms with Crippen LogP contribution < -0.4 is 0 Å². The van der Waals surface area contributed by atoms with Gasteiger partial charge in [0.05, 0.1) is 0 Å². The Kier molecular flexibility index (Phi) is 14.3. The zero-order chi connectivity index (χ0) is 20.5. The molecule has 0 aliphatic heterocycles. The molecule has 28 heavy (non-hydrogen) atoms. The fourth-order valence-electron chi connectivity index (χ4n) is 4.00. The molecule has 0 fully saturated rings. The lowest BCUT2D eigenvalue weighted by Crippen LogP contribution is -2.45. The lowest BCUT2D eigenvalue weighted by molar-refractivity contribution is -0.127. The molecule has 0 radical (unpaired) electrons. The van der Waals surface area contributed by atoms with Gasteiger partial charge in [-0.3, -0.25) is 4.79 Å². The molecule has 3 nitrogen and oxygen atoms in total. The van der Waals surface area contributed by atoms with Crippen molar-refractivity contribution in [2.45, 2.75) is 128 Å². The molecule has 0 heterocycles. The number of rotatable bonds is 17. The number of allylic oxidation sites excluding steroid dienone is 3. The first-order valence-electron chi connectivity index (χ1n) is 11.8. The van der Waals surface area contributed by atoms with Crippen LogP contribution in [0, 0.1) is 0 Å². The lowest BCUT2D eigenvalue weighted by Gasteiger charge is -2.33. The zero-order valence-corrected chi connectivity index (χ0v) is 18.2. The molecule has 0 unspecified atom stereocenters. The molecule has 0 saturated carbocycles. The first kappa shape index (κ1) is 25.1. The van der Waals surface area contributed by atoms with Crippen molar-refractivity contribution in [2.75, 3.05) is 0 Å². The second-order valence-corrected chi connectivity index (χ2v) is 8.57. The van der Waals surface area contributed by atoms with Gasteiger partial charge in [0.15, 0.2) is 5.78 Å². The summed E-state index contributed by atoms with van der Waals surface area (Å²) in [5, 5.41) is 20.3. The van der Waals surface area contributed by atoms with Gasteiger partial charge < -0.3 is 10.2 Å². The number of aliphatic hydroxyl groups excluding tert-OH is 1. The highest BCUT2D eigenvalue weighted by molar-refractivity contribution is 5.91. The SMILES string of the molecule is CC/C=C/CCCCCCCCCCCCCCC[C@]1(O)CC(=O)C=C[C@H]1O. The number of aliphatic hydroxyl groups is 2. The Balaban J connectivity index is 1.83. The van der Waals surface area contributed by atoms with Gasteiger partial charge in [0.1, 0.15) is 11.7 Å². The highest BCUT2D eigenvalue weighted by Gasteiger charge is 2.37. The van der Waals surface area contributed by atoms with Crippen molar-refractivity contribution in [3.05, 3.63) is 24.3 Å². The van der Waals surface area contributed by atoms with Crippen molar-refractivity contribution in [3.8, 4) is 0 Å². The topological polar surface area (TPSA) is 57.5 Å². The summed E-state index contributed by atoms with van der Waals surface area (Å²) >= 11 is 0. The van der Waals surface area contributed by atoms with E-state index < -0.39 is 11.7 Å². The number of hydrogen-bond acceptors (Lipinski definition) is 3. The van der Waals surface area contributed by atoms with E-state index in [4.69, 9.17) is 0 Å². The molecule has 1 aliphatic carbocycles. The van der Waals surface area contributed by atoms with Crippen molar-refractivity contribution in [2.24, 2.45) is 0 Å². The minimum Gasteiger partial charge on any atom is -0.386 e. The van der Waals surface area contributed by atoms with Crippen LogP contribution in [0.25, 0.3) is 0 Å². The van der Waals surface area contributed by atoms with Gasteiger partial charge in [0.25, 0.3) is 0 Å². The third-order valence-electron chi connectivity index (χ3n) is 5.88. The van der Waals surface area contributed by atoms with Gasteiger partial charge in [-0.15, -0.1) is 0 Å². The second kappa shape index (κ2) is 15.9. The Morgan fingerprint density at radius 2 is 1.39 bits per heavy atom. The second-order valence-electron chi connectivity index (χ2n) is 8.57. The molecule has 1 rings (SSSR count). The molecule has 0 aromatic heterocycles. The van der Waals surface area contributed by atoms with Gasteiger partial charge in [-0.25, -0.2) is 0 Å². The standard InChI is InChI=1S/C25H44O3/c1-2-3-4-5-6-7-8-9-10-11-12-13-14-15-16-17-18-21-25(28)22-23(26)19-20-24(25)27/h3-4,19-20,24,27-28H,2,5-18,21-22H2,1H3/b4-3+/t24-,25+/m1/s1. The summed E-state index contributed by atoms with van der Waals surface area (Å²) in [6.45, 7) is 2.19. The third kappa shape index (κ3) is 11.8. The Morgan fingerprint density at radius 1 is 0.893 bits per heavy atom. The summed E-state index contributed by atoms with van der Waals surface area (Å²) in [6, 6.07) is 0. The monoisotopic (exact) mass is 392 g/mol. The number of unbranched alkanes of at least 4 members (excludes halogenated alkanes) is 13. The fourth-order valence-corrected chi connectivity index (χ4v) is 4.00. The number of ketones is 1. The molecule has 162 valence electrons. The maximum Gasteiger partial charge on any atom is 0.158 e. The summed E-state index contributed by atoms with van der Waals surface area (Å²) in [5.41, 5.74) is -1.24. The summed E-state index contributed by atoms with van der Waals surface area (Å²) in [6.07, 6.45) is 26.1. The van der Waals surface area contributed by atoms with Crippen LogP contribution in [0.15, 0.2) is 24.3 Å². The predicted octanol–water partition coefficient (Wildman–Crippen LogP) is 6.43. The summed E-state index contributed by atoms with van der Waals surface area (Å²) < 4.78 is 0. The maximum atomic E-state index is 11.4. The fraction of sp³-hybridized carbons (Fsp3) is 0.800. The molecule has 0 aromatic carbocycles. The van der Waals surface area contributed by atoms with Gasteiger partial charge in [0, 0.05) is 6.42 Å². The van der Waals surface area contributed by atoms with Gasteiger partial charge in [0.2, 0.25) is 0 Å². The average Bonchev–Trinajstić information content (AvgIpc) is 2.67. The Hall–Kier alpha value is -0.930. The van der Waals surface area contributed by atoms with Gasteiger partial charge in [-0.05, 0) is 37.8 Å². The summed E-state index contributed by atoms with van der Waals surface area (Å²) in [7, 11) is 0. The minimum atomic E-state index is -1.24. The van der Waals surface area contributed by atoms with E-state index in [1.54, 1.807) is 0 Å². The van der Waals surface area contributed by atoms with Crippen LogP contribution in [0.4, 0.5) is 0 Å². The number of carbonyl (C=O) groups is 1. The van der Waals surface area contributed by atoms with Gasteiger partial charge in [-0.1, -0.05) is 96.1 Å². The van der Waals surface area contributed by atoms with Gasteiger partial charge >= 0.3 is 0 Å². The molecule has 0 aromatic rings. The van der Waals surface area contributed by atoms with Crippen LogP contribution in [0.5, 0.6) is 0 Å². The molecule has 0 amide bonds. The maximum absolute atomic E-state index is 11.4. The van der Waals surface area contributed by atoms with E-state index in [9.17, 15) is 15.0 Å². The van der Waals surface area contributed by atoms with E-state index >= 15 is 0 Å². The first-order valence-corrected chi connectivity index (χ1v) is 11.8. The van der Waals surface area contributed by atoms with Crippen LogP contribution in [0.3, 0.4) is 0 Å². The molecule has 0 spiro atoms. The largest absolute Gasteiger partial charge is 0.386 e. The molecule has 3 heteroatoms. The molecule has 1 aliphatic rings. The first-order chi connectivity index (χ1) is 13.6. The molecule has 0 saturated heterocycles. The summed E-state index contributed by atoms with van der Waals surface area (Å²) in [5.74, 6) is -0.0862. The van der Waals surface area contributed by atoms with Crippen molar-refractivity contribution in [1.82, 2.24) is 0 Å². The average molecular weight is 393 g/mol. The van der Waals surface area contributed by atoms with Gasteiger partial charge in [-0.2, -0.15) is 0 Å². The molecule has 0 bridgehead atoms. The normalized spacial score (nSPS) is 22.4. The smallest absolute Gasteiger partial charge is 0.158 e. The number of carbonyl (C=O) groups excluding carboxylic acids is 1. The van der Waals surface area contributed by atoms with E-state index in [-0.39, 0.29) is 12.2 Å². The van der Waals surface area contributed by atoms with Crippen molar-refractivity contribution in [1.29, 1.82) is 0 Å². The van der Waals surface area contributed by atoms with E-state index in [2.05, 4.69) is 19.1 Å². The van der Waals surface area contributed by atoms with E-state index in [1.165, 1.54) is 89.2 Å². The zero-order valence-electron chi connectivity index (χ0n) is 18.2. The van der Waals surface area contributed by atoms with E-state index in [0.29, 0.717) is 6.42 Å². The van der Waals surface area contributed by atoms with Crippen LogP contribution >= 0.6 is 0 Å². The quantitative estimate of drug-likeness (QED) is 0.222. The molecular weight excluding hydrogens is 348 g/mol. The highest BCUT2D eigenvalue weighted by Crippen LogP contribution is 2.28. The Labute approximate surface area is 173 Å². The van der Waals surface area contributed by atoms with Crippen LogP contribution in [0.1, 0.15) is 116 Å². The van der Waals surface area contributed by atoms with Crippen LogP contribution in [-0.2, 0) is 4.79 Å². The lowest BCUT2D eigenvalue weighted by atomic mass is 9.82. The van der Waals surface area contributed by atoms with E-state index in [0.717, 1.165) is 19.3 Å². The Bertz CT molecular complexity index is 455. The van der Waals surface area contributed by atoms with E-state index in [1.807, 2.05) is 0 Å². The minimum absolute atomic E-state index is 0.0561. The third-order valence-corrected chi connectivity index (χ3v) is 5.88. The molecular formula is C25H44O3. The van der Waals surface area contributed by atoms with Crippen LogP contribution in [-0.4, -0.2) is 27.7 Å². The summed E-state index contributed by atoms with van der Waals surface area (Å²) in [4.78, 5) is 11.4. The van der Waals surface area contributed by atoms with Crippen LogP contribution in [0.2, 0.25) is 0 Å². The highest BCUT2D eigenvalue weighted by atomic mass is 16.3. The van der Waals surface area contributed by atoms with Crippen molar-refractivity contribution in [3.63, 3.8) is 0 Å². The molecule has 2 N–H and O–H groups in total. The van der Waals surface area contributed by atoms with Crippen molar-refractivity contribution >= 4 is 5.78 Å². The predicted molar refractivity (Wildman–Crippen MR) is 118 cm³/mol.